The zero-order valence-corrected chi connectivity index (χ0v) is 15.0. The van der Waals surface area contributed by atoms with Crippen LogP contribution in [0.15, 0.2) is 77.9 Å². The van der Waals surface area contributed by atoms with Crippen molar-refractivity contribution in [1.29, 1.82) is 0 Å². The standard InChI is InChI=1S/C20H18ClN3O3/c21-14-10-11-18(27-19(20(25)26)13-6-2-1-3-7-13)17(12-14)24-23-16-9-5-4-8-15(16)22/h1-12,15,19,24H,22H2,(H,25,26)/b23-16-. The number of anilines is 1. The molecule has 0 aromatic heterocycles. The molecule has 2 atom stereocenters. The summed E-state index contributed by atoms with van der Waals surface area (Å²) in [5.74, 6) is -0.792. The number of rotatable bonds is 6. The minimum absolute atomic E-state index is 0.309. The number of carboxylic acid groups (broad SMARTS) is 1. The highest BCUT2D eigenvalue weighted by molar-refractivity contribution is 6.30. The first-order valence-corrected chi connectivity index (χ1v) is 8.60. The number of hydrogen-bond donors (Lipinski definition) is 3. The third-order valence-electron chi connectivity index (χ3n) is 3.86. The Kier molecular flexibility index (Phi) is 5.90. The number of allylic oxidation sites excluding steroid dienone is 2. The lowest BCUT2D eigenvalue weighted by Crippen LogP contribution is -2.28. The van der Waals surface area contributed by atoms with Crippen molar-refractivity contribution < 1.29 is 14.6 Å². The number of nitrogens with two attached hydrogens (primary N) is 1. The van der Waals surface area contributed by atoms with Gasteiger partial charge in [0.15, 0.2) is 0 Å². The highest BCUT2D eigenvalue weighted by Crippen LogP contribution is 2.32. The Morgan fingerprint density at radius 1 is 1.22 bits per heavy atom. The van der Waals surface area contributed by atoms with Gasteiger partial charge in [-0.3, -0.25) is 5.43 Å². The van der Waals surface area contributed by atoms with Gasteiger partial charge in [-0.2, -0.15) is 5.10 Å². The fraction of sp³-hybridized carbons (Fsp3) is 0.100. The number of ether oxygens (including phenoxy) is 1. The predicted octanol–water partition coefficient (Wildman–Crippen LogP) is 3.77. The third-order valence-corrected chi connectivity index (χ3v) is 4.09. The predicted molar refractivity (Wildman–Crippen MR) is 106 cm³/mol. The summed E-state index contributed by atoms with van der Waals surface area (Å²) in [5.41, 5.74) is 10.4. The first-order valence-electron chi connectivity index (χ1n) is 8.22. The largest absolute Gasteiger partial charge is 0.478 e. The lowest BCUT2D eigenvalue weighted by Gasteiger charge is -2.18. The van der Waals surface area contributed by atoms with Crippen molar-refractivity contribution in [2.45, 2.75) is 12.1 Å². The molecule has 7 heteroatoms. The Bertz CT molecular complexity index is 910. The van der Waals surface area contributed by atoms with E-state index in [0.717, 1.165) is 0 Å². The molecule has 1 aliphatic rings. The Morgan fingerprint density at radius 3 is 2.70 bits per heavy atom. The number of carbonyl (C=O) groups is 1. The molecule has 0 heterocycles. The average molecular weight is 384 g/mol. The molecular formula is C20H18ClN3O3. The van der Waals surface area contributed by atoms with Crippen LogP contribution in [0.1, 0.15) is 11.7 Å². The molecule has 2 aromatic rings. The molecule has 0 radical (unpaired) electrons. The van der Waals surface area contributed by atoms with Gasteiger partial charge in [0.05, 0.1) is 17.4 Å². The van der Waals surface area contributed by atoms with Crippen LogP contribution < -0.4 is 15.9 Å². The molecule has 27 heavy (non-hydrogen) atoms. The third kappa shape index (κ3) is 4.75. The summed E-state index contributed by atoms with van der Waals surface area (Å²) in [6, 6.07) is 13.2. The van der Waals surface area contributed by atoms with Gasteiger partial charge in [0.25, 0.3) is 0 Å². The summed E-state index contributed by atoms with van der Waals surface area (Å²) in [4.78, 5) is 11.7. The maximum Gasteiger partial charge on any atom is 0.349 e. The molecule has 2 unspecified atom stereocenters. The number of hydrogen-bond acceptors (Lipinski definition) is 5. The van der Waals surface area contributed by atoms with Gasteiger partial charge in [-0.15, -0.1) is 0 Å². The number of aliphatic carboxylic acids is 1. The SMILES string of the molecule is NC1C=CC=C/C1=N/Nc1cc(Cl)ccc1OC(C(=O)O)c1ccccc1. The summed E-state index contributed by atoms with van der Waals surface area (Å²) < 4.78 is 5.76. The molecule has 1 aliphatic carbocycles. The van der Waals surface area contributed by atoms with Crippen LogP contribution in [0.3, 0.4) is 0 Å². The van der Waals surface area contributed by atoms with Gasteiger partial charge in [0.1, 0.15) is 5.75 Å². The zero-order chi connectivity index (χ0) is 19.2. The highest BCUT2D eigenvalue weighted by Gasteiger charge is 2.23. The molecule has 6 nitrogen and oxygen atoms in total. The average Bonchev–Trinajstić information content (AvgIpc) is 2.67. The van der Waals surface area contributed by atoms with Crippen LogP contribution in [0.4, 0.5) is 5.69 Å². The maximum absolute atomic E-state index is 11.7. The normalized spacial score (nSPS) is 18.3. The summed E-state index contributed by atoms with van der Waals surface area (Å²) in [7, 11) is 0. The molecule has 3 rings (SSSR count). The van der Waals surface area contributed by atoms with Gasteiger partial charge in [0, 0.05) is 10.6 Å². The molecule has 0 spiro atoms. The molecule has 0 bridgehead atoms. The van der Waals surface area contributed by atoms with Crippen molar-refractivity contribution in [3.05, 3.63) is 83.4 Å². The molecule has 2 aromatic carbocycles. The zero-order valence-electron chi connectivity index (χ0n) is 14.2. The minimum Gasteiger partial charge on any atom is -0.478 e. The molecule has 0 fully saturated rings. The van der Waals surface area contributed by atoms with Crippen LogP contribution in [-0.4, -0.2) is 22.8 Å². The summed E-state index contributed by atoms with van der Waals surface area (Å²) >= 11 is 6.07. The number of carboxylic acids is 1. The first-order chi connectivity index (χ1) is 13.0. The van der Waals surface area contributed by atoms with Gasteiger partial charge < -0.3 is 15.6 Å². The molecule has 4 N–H and O–H groups in total. The van der Waals surface area contributed by atoms with E-state index in [0.29, 0.717) is 27.7 Å². The van der Waals surface area contributed by atoms with E-state index in [9.17, 15) is 9.90 Å². The van der Waals surface area contributed by atoms with Crippen LogP contribution in [0, 0.1) is 0 Å². The Labute approximate surface area is 161 Å². The van der Waals surface area contributed by atoms with Gasteiger partial charge >= 0.3 is 5.97 Å². The molecule has 0 saturated carbocycles. The fourth-order valence-corrected chi connectivity index (χ4v) is 2.66. The van der Waals surface area contributed by atoms with Gasteiger partial charge in [-0.1, -0.05) is 60.2 Å². The lowest BCUT2D eigenvalue weighted by atomic mass is 10.1. The molecule has 0 aliphatic heterocycles. The molecule has 0 saturated heterocycles. The quantitative estimate of drug-likeness (QED) is 0.660. The van der Waals surface area contributed by atoms with E-state index in [-0.39, 0.29) is 6.04 Å². The van der Waals surface area contributed by atoms with Crippen molar-refractivity contribution in [2.75, 3.05) is 5.43 Å². The van der Waals surface area contributed by atoms with Gasteiger partial charge in [-0.25, -0.2) is 4.79 Å². The Hall–Kier alpha value is -3.09. The molecular weight excluding hydrogens is 366 g/mol. The van der Waals surface area contributed by atoms with E-state index in [1.54, 1.807) is 48.5 Å². The van der Waals surface area contributed by atoms with Crippen LogP contribution in [0.2, 0.25) is 5.02 Å². The van der Waals surface area contributed by atoms with E-state index in [1.165, 1.54) is 0 Å². The van der Waals surface area contributed by atoms with Crippen molar-refractivity contribution in [1.82, 2.24) is 0 Å². The van der Waals surface area contributed by atoms with Gasteiger partial charge in [0.2, 0.25) is 6.10 Å². The first kappa shape index (κ1) is 18.7. The van der Waals surface area contributed by atoms with Crippen molar-refractivity contribution >= 4 is 29.0 Å². The van der Waals surface area contributed by atoms with Crippen molar-refractivity contribution in [2.24, 2.45) is 10.8 Å². The van der Waals surface area contributed by atoms with Gasteiger partial charge in [-0.05, 0) is 24.3 Å². The molecule has 0 amide bonds. The smallest absolute Gasteiger partial charge is 0.349 e. The van der Waals surface area contributed by atoms with Crippen LogP contribution in [0.5, 0.6) is 5.75 Å². The topological polar surface area (TPSA) is 96.9 Å². The van der Waals surface area contributed by atoms with E-state index >= 15 is 0 Å². The second kappa shape index (κ2) is 8.53. The minimum atomic E-state index is -1.17. The molecule has 138 valence electrons. The number of halogens is 1. The van der Waals surface area contributed by atoms with E-state index in [4.69, 9.17) is 22.1 Å². The number of hydrazone groups is 1. The number of nitrogens with zero attached hydrogens (tertiary/aromatic N) is 1. The second-order valence-corrected chi connectivity index (χ2v) is 6.24. The van der Waals surface area contributed by atoms with Crippen LogP contribution >= 0.6 is 11.6 Å². The monoisotopic (exact) mass is 383 g/mol. The maximum atomic E-state index is 11.7. The summed E-state index contributed by atoms with van der Waals surface area (Å²) in [6.45, 7) is 0. The fourth-order valence-electron chi connectivity index (χ4n) is 2.49. The Balaban J connectivity index is 1.87. The van der Waals surface area contributed by atoms with Crippen LogP contribution in [0.25, 0.3) is 0 Å². The van der Waals surface area contributed by atoms with Crippen molar-refractivity contribution in [3.8, 4) is 5.75 Å². The van der Waals surface area contributed by atoms with E-state index in [2.05, 4.69) is 10.5 Å². The van der Waals surface area contributed by atoms with E-state index < -0.39 is 12.1 Å². The van der Waals surface area contributed by atoms with E-state index in [1.807, 2.05) is 24.3 Å². The summed E-state index contributed by atoms with van der Waals surface area (Å²) in [6.07, 6.45) is 6.10. The summed E-state index contributed by atoms with van der Waals surface area (Å²) in [5, 5.41) is 14.3. The van der Waals surface area contributed by atoms with Crippen LogP contribution in [-0.2, 0) is 4.79 Å². The number of nitrogens with one attached hydrogen (secondary N) is 1. The van der Waals surface area contributed by atoms with Crippen molar-refractivity contribution in [3.63, 3.8) is 0 Å². The second-order valence-electron chi connectivity index (χ2n) is 5.81. The highest BCUT2D eigenvalue weighted by atomic mass is 35.5. The number of benzene rings is 2. The lowest BCUT2D eigenvalue weighted by molar-refractivity contribution is -0.145. The Morgan fingerprint density at radius 2 is 2.00 bits per heavy atom.